The lowest BCUT2D eigenvalue weighted by Gasteiger charge is -2.33. The van der Waals surface area contributed by atoms with E-state index in [-0.39, 0.29) is 35.2 Å². The Hall–Kier alpha value is -3.25. The molecule has 0 aliphatic carbocycles. The fraction of sp³-hybridized carbons (Fsp3) is 0.478. The zero-order valence-electron chi connectivity index (χ0n) is 19.1. The molecule has 0 spiro atoms. The predicted octanol–water partition coefficient (Wildman–Crippen LogP) is 2.69. The van der Waals surface area contributed by atoms with Crippen LogP contribution in [0.25, 0.3) is 0 Å². The number of alkyl halides is 3. The minimum absolute atomic E-state index is 0.0281. The molecule has 190 valence electrons. The lowest BCUT2D eigenvalue weighted by atomic mass is 9.88. The van der Waals surface area contributed by atoms with Crippen LogP contribution in [-0.4, -0.2) is 60.5 Å². The maximum absolute atomic E-state index is 13.0. The molecule has 35 heavy (non-hydrogen) atoms. The predicted molar refractivity (Wildman–Crippen MR) is 125 cm³/mol. The summed E-state index contributed by atoms with van der Waals surface area (Å²) in [6.07, 6.45) is -1.09. The highest BCUT2D eigenvalue weighted by molar-refractivity contribution is 5.99. The van der Waals surface area contributed by atoms with Crippen molar-refractivity contribution in [2.24, 2.45) is 5.73 Å². The van der Waals surface area contributed by atoms with Gasteiger partial charge in [0.1, 0.15) is 11.6 Å². The van der Waals surface area contributed by atoms with Crippen LogP contribution in [0.5, 0.6) is 5.75 Å². The van der Waals surface area contributed by atoms with Crippen molar-refractivity contribution in [1.82, 2.24) is 9.88 Å². The molecule has 4 rings (SSSR count). The second-order valence-electron chi connectivity index (χ2n) is 8.77. The molecule has 0 saturated carbocycles. The van der Waals surface area contributed by atoms with Gasteiger partial charge in [0, 0.05) is 50.2 Å². The quantitative estimate of drug-likeness (QED) is 0.449. The number of carbonyl (C=O) groups excluding carboxylic acids is 1. The van der Waals surface area contributed by atoms with Gasteiger partial charge in [-0.2, -0.15) is 0 Å². The van der Waals surface area contributed by atoms with E-state index in [0.29, 0.717) is 44.9 Å². The van der Waals surface area contributed by atoms with Gasteiger partial charge >= 0.3 is 6.36 Å². The SMILES string of the molecule is Nc1cc(OC(F)(F)F)ccc1C(=O)N1CCC(c2ccnc(N)c2NCC2OCC[C@@H]2N)CC1. The molecule has 9 nitrogen and oxygen atoms in total. The first-order valence-corrected chi connectivity index (χ1v) is 11.4. The fourth-order valence-corrected chi connectivity index (χ4v) is 4.60. The first kappa shape index (κ1) is 24.9. The molecule has 3 heterocycles. The number of benzene rings is 1. The molecule has 1 aromatic carbocycles. The number of hydrogen-bond acceptors (Lipinski definition) is 8. The molecular formula is C23H29F3N6O3. The van der Waals surface area contributed by atoms with Crippen molar-refractivity contribution >= 4 is 23.1 Å². The van der Waals surface area contributed by atoms with Gasteiger partial charge < -0.3 is 36.9 Å². The van der Waals surface area contributed by atoms with Crippen LogP contribution in [0.15, 0.2) is 30.5 Å². The summed E-state index contributed by atoms with van der Waals surface area (Å²) in [7, 11) is 0. The average molecular weight is 495 g/mol. The molecule has 2 fully saturated rings. The van der Waals surface area contributed by atoms with Gasteiger partial charge in [-0.05, 0) is 48.9 Å². The standard InChI is InChI=1S/C23H29F3N6O3/c24-23(25,26)35-14-1-2-16(18(28)11-14)22(33)32-8-4-13(5-9-32)15-3-7-30-21(29)20(15)31-12-19-17(27)6-10-34-19/h1-3,7,11,13,17,19,31H,4-6,8-10,12,27-28H2,(H2,29,30)/t17-,19?/m0/s1. The maximum Gasteiger partial charge on any atom is 0.573 e. The number of nitrogen functional groups attached to an aromatic ring is 2. The summed E-state index contributed by atoms with van der Waals surface area (Å²) >= 11 is 0. The van der Waals surface area contributed by atoms with E-state index >= 15 is 0 Å². The fourth-order valence-electron chi connectivity index (χ4n) is 4.60. The van der Waals surface area contributed by atoms with E-state index in [1.54, 1.807) is 11.1 Å². The monoisotopic (exact) mass is 494 g/mol. The number of aromatic nitrogens is 1. The highest BCUT2D eigenvalue weighted by atomic mass is 19.4. The summed E-state index contributed by atoms with van der Waals surface area (Å²) in [5.74, 6) is -0.268. The summed E-state index contributed by atoms with van der Waals surface area (Å²) in [5, 5.41) is 3.36. The molecule has 2 aromatic rings. The Morgan fingerprint density at radius 1 is 1.20 bits per heavy atom. The number of pyridine rings is 1. The van der Waals surface area contributed by atoms with Crippen LogP contribution < -0.4 is 27.3 Å². The van der Waals surface area contributed by atoms with E-state index in [9.17, 15) is 18.0 Å². The minimum Gasteiger partial charge on any atom is -0.406 e. The van der Waals surface area contributed by atoms with E-state index in [4.69, 9.17) is 21.9 Å². The van der Waals surface area contributed by atoms with Gasteiger partial charge in [0.2, 0.25) is 0 Å². The molecule has 2 saturated heterocycles. The number of amides is 1. The van der Waals surface area contributed by atoms with Crippen LogP contribution in [0.3, 0.4) is 0 Å². The van der Waals surface area contributed by atoms with Crippen molar-refractivity contribution in [1.29, 1.82) is 0 Å². The number of carbonyl (C=O) groups is 1. The lowest BCUT2D eigenvalue weighted by molar-refractivity contribution is -0.274. The molecule has 12 heteroatoms. The van der Waals surface area contributed by atoms with Crippen LogP contribution in [0.4, 0.5) is 30.4 Å². The normalized spacial score (nSPS) is 21.2. The number of anilines is 3. The van der Waals surface area contributed by atoms with Crippen molar-refractivity contribution in [2.75, 3.05) is 43.0 Å². The van der Waals surface area contributed by atoms with Crippen molar-refractivity contribution < 1.29 is 27.4 Å². The third-order valence-corrected chi connectivity index (χ3v) is 6.46. The molecule has 2 aliphatic rings. The zero-order valence-corrected chi connectivity index (χ0v) is 19.1. The molecule has 2 atom stereocenters. The Bertz CT molecular complexity index is 1060. The third kappa shape index (κ3) is 5.88. The van der Waals surface area contributed by atoms with E-state index in [1.165, 1.54) is 6.07 Å². The molecule has 1 unspecified atom stereocenters. The zero-order chi connectivity index (χ0) is 25.2. The summed E-state index contributed by atoms with van der Waals surface area (Å²) in [6.45, 7) is 2.08. The van der Waals surface area contributed by atoms with Gasteiger partial charge in [-0.1, -0.05) is 0 Å². The molecule has 0 radical (unpaired) electrons. The van der Waals surface area contributed by atoms with Crippen LogP contribution >= 0.6 is 0 Å². The summed E-state index contributed by atoms with van der Waals surface area (Å²) in [5.41, 5.74) is 19.9. The molecule has 0 bridgehead atoms. The van der Waals surface area contributed by atoms with Gasteiger partial charge in [0.25, 0.3) is 5.91 Å². The van der Waals surface area contributed by atoms with Crippen LogP contribution in [0, 0.1) is 0 Å². The van der Waals surface area contributed by atoms with E-state index in [1.807, 2.05) is 6.07 Å². The van der Waals surface area contributed by atoms with Gasteiger partial charge in [-0.25, -0.2) is 4.98 Å². The number of nitrogens with one attached hydrogen (secondary N) is 1. The number of nitrogens with zero attached hydrogens (tertiary/aromatic N) is 2. The number of halogens is 3. The number of hydrogen-bond donors (Lipinski definition) is 4. The van der Waals surface area contributed by atoms with Crippen molar-refractivity contribution in [3.63, 3.8) is 0 Å². The van der Waals surface area contributed by atoms with Crippen molar-refractivity contribution in [2.45, 2.75) is 43.7 Å². The van der Waals surface area contributed by atoms with E-state index < -0.39 is 12.1 Å². The van der Waals surface area contributed by atoms with Crippen molar-refractivity contribution in [3.8, 4) is 5.75 Å². The summed E-state index contributed by atoms with van der Waals surface area (Å²) in [6, 6.07) is 5.24. The number of likely N-dealkylation sites (tertiary alicyclic amines) is 1. The van der Waals surface area contributed by atoms with Crippen molar-refractivity contribution in [3.05, 3.63) is 41.6 Å². The molecule has 1 amide bonds. The van der Waals surface area contributed by atoms with Crippen LogP contribution in [0.1, 0.15) is 41.1 Å². The van der Waals surface area contributed by atoms with E-state index in [2.05, 4.69) is 15.0 Å². The van der Waals surface area contributed by atoms with Crippen LogP contribution in [0.2, 0.25) is 0 Å². The highest BCUT2D eigenvalue weighted by Crippen LogP contribution is 2.36. The Labute approximate surface area is 200 Å². The number of ether oxygens (including phenoxy) is 2. The number of rotatable bonds is 6. The van der Waals surface area contributed by atoms with Gasteiger partial charge in [-0.3, -0.25) is 4.79 Å². The van der Waals surface area contributed by atoms with Crippen LogP contribution in [-0.2, 0) is 4.74 Å². The molecule has 2 aliphatic heterocycles. The molecule has 1 aromatic heterocycles. The first-order chi connectivity index (χ1) is 16.6. The Morgan fingerprint density at radius 2 is 1.94 bits per heavy atom. The Morgan fingerprint density at radius 3 is 2.57 bits per heavy atom. The topological polar surface area (TPSA) is 142 Å². The lowest BCUT2D eigenvalue weighted by Crippen LogP contribution is -2.38. The Balaban J connectivity index is 1.40. The Kier molecular flexibility index (Phi) is 7.22. The summed E-state index contributed by atoms with van der Waals surface area (Å²) < 4.78 is 46.8. The second kappa shape index (κ2) is 10.2. The van der Waals surface area contributed by atoms with E-state index in [0.717, 1.165) is 29.8 Å². The van der Waals surface area contributed by atoms with Gasteiger partial charge in [0.05, 0.1) is 17.4 Å². The molecular weight excluding hydrogens is 465 g/mol. The third-order valence-electron chi connectivity index (χ3n) is 6.46. The average Bonchev–Trinajstić information content (AvgIpc) is 3.21. The minimum atomic E-state index is -4.83. The molecule has 7 N–H and O–H groups in total. The second-order valence-corrected chi connectivity index (χ2v) is 8.77. The van der Waals surface area contributed by atoms with Gasteiger partial charge in [-0.15, -0.1) is 13.2 Å². The smallest absolute Gasteiger partial charge is 0.406 e. The number of nitrogens with two attached hydrogens (primary N) is 3. The maximum atomic E-state index is 13.0. The summed E-state index contributed by atoms with van der Waals surface area (Å²) in [4.78, 5) is 18.8. The number of piperidine rings is 1. The largest absolute Gasteiger partial charge is 0.573 e. The highest BCUT2D eigenvalue weighted by Gasteiger charge is 2.32. The van der Waals surface area contributed by atoms with Gasteiger partial charge in [0.15, 0.2) is 0 Å². The first-order valence-electron chi connectivity index (χ1n) is 11.4.